The van der Waals surface area contributed by atoms with Gasteiger partial charge in [-0.1, -0.05) is 11.6 Å². The van der Waals surface area contributed by atoms with Gasteiger partial charge in [0.15, 0.2) is 6.29 Å². The van der Waals surface area contributed by atoms with E-state index in [4.69, 9.17) is 21.1 Å². The molecule has 0 aromatic carbocycles. The molecule has 1 amide bonds. The van der Waals surface area contributed by atoms with Crippen LogP contribution in [0.3, 0.4) is 0 Å². The molecule has 2 rings (SSSR count). The summed E-state index contributed by atoms with van der Waals surface area (Å²) in [5.41, 5.74) is 0.385. The zero-order chi connectivity index (χ0) is 15.6. The molecule has 1 aliphatic carbocycles. The van der Waals surface area contributed by atoms with Gasteiger partial charge in [0.05, 0.1) is 11.6 Å². The van der Waals surface area contributed by atoms with Crippen LogP contribution in [0.4, 0.5) is 0 Å². The number of carbonyl (C=O) groups excluding carboxylic acids is 1. The maximum absolute atomic E-state index is 12.8. The first-order valence-corrected chi connectivity index (χ1v) is 7.86. The summed E-state index contributed by atoms with van der Waals surface area (Å²) in [5, 5.41) is 0.201. The highest BCUT2D eigenvalue weighted by atomic mass is 79.9. The number of halogens is 2. The lowest BCUT2D eigenvalue weighted by Crippen LogP contribution is -2.48. The van der Waals surface area contributed by atoms with Gasteiger partial charge in [-0.15, -0.1) is 0 Å². The summed E-state index contributed by atoms with van der Waals surface area (Å²) in [6.07, 6.45) is 3.05. The number of hydrogen-bond acceptors (Lipinski definition) is 4. The molecule has 1 atom stereocenters. The number of amides is 1. The minimum absolute atomic E-state index is 0.150. The molecule has 1 saturated carbocycles. The number of methoxy groups -OCH3 is 2. The zero-order valence-electron chi connectivity index (χ0n) is 12.2. The van der Waals surface area contributed by atoms with Crippen molar-refractivity contribution in [3.05, 3.63) is 27.5 Å². The van der Waals surface area contributed by atoms with E-state index in [9.17, 15) is 4.79 Å². The highest BCUT2D eigenvalue weighted by Crippen LogP contribution is 2.33. The Morgan fingerprint density at radius 1 is 1.48 bits per heavy atom. The Bertz CT molecular complexity index is 521. The van der Waals surface area contributed by atoms with Crippen LogP contribution >= 0.6 is 27.5 Å². The van der Waals surface area contributed by atoms with E-state index in [0.29, 0.717) is 10.0 Å². The van der Waals surface area contributed by atoms with Gasteiger partial charge in [-0.2, -0.15) is 0 Å². The lowest BCUT2D eigenvalue weighted by Gasteiger charge is -2.33. The standard InChI is InChI=1S/C14H18BrClN2O3/c1-8(14(20-2)21-3)18(10-4-5-10)13(19)11-6-9(15)7-17-12(11)16/h6-8,10,14H,4-5H2,1-3H3. The van der Waals surface area contributed by atoms with E-state index < -0.39 is 6.29 Å². The highest BCUT2D eigenvalue weighted by molar-refractivity contribution is 9.10. The molecule has 21 heavy (non-hydrogen) atoms. The first-order valence-electron chi connectivity index (χ1n) is 6.69. The smallest absolute Gasteiger partial charge is 0.257 e. The fourth-order valence-corrected chi connectivity index (χ4v) is 2.88. The minimum Gasteiger partial charge on any atom is -0.354 e. The van der Waals surface area contributed by atoms with Gasteiger partial charge in [0.2, 0.25) is 0 Å². The van der Waals surface area contributed by atoms with E-state index in [2.05, 4.69) is 20.9 Å². The molecule has 1 aromatic rings. The number of carbonyl (C=O) groups is 1. The molecule has 0 spiro atoms. The fourth-order valence-electron chi connectivity index (χ4n) is 2.37. The first kappa shape index (κ1) is 16.7. The third kappa shape index (κ3) is 3.74. The summed E-state index contributed by atoms with van der Waals surface area (Å²) in [6.45, 7) is 1.91. The minimum atomic E-state index is -0.478. The predicted molar refractivity (Wildman–Crippen MR) is 83.4 cm³/mol. The molecule has 116 valence electrons. The van der Waals surface area contributed by atoms with Gasteiger partial charge in [-0.3, -0.25) is 4.79 Å². The van der Waals surface area contributed by atoms with Crippen molar-refractivity contribution in [2.75, 3.05) is 14.2 Å². The van der Waals surface area contributed by atoms with Crippen molar-refractivity contribution in [1.82, 2.24) is 9.88 Å². The summed E-state index contributed by atoms with van der Waals surface area (Å²) in [4.78, 5) is 18.6. The van der Waals surface area contributed by atoms with E-state index in [-0.39, 0.29) is 23.1 Å². The van der Waals surface area contributed by atoms with Gasteiger partial charge in [0, 0.05) is 30.9 Å². The topological polar surface area (TPSA) is 51.7 Å². The molecule has 5 nitrogen and oxygen atoms in total. The Morgan fingerprint density at radius 3 is 2.62 bits per heavy atom. The zero-order valence-corrected chi connectivity index (χ0v) is 14.5. The van der Waals surface area contributed by atoms with E-state index in [0.717, 1.165) is 12.8 Å². The average Bonchev–Trinajstić information content (AvgIpc) is 3.27. The first-order chi connectivity index (χ1) is 9.99. The fraction of sp³-hybridized carbons (Fsp3) is 0.571. The quantitative estimate of drug-likeness (QED) is 0.564. The third-order valence-electron chi connectivity index (χ3n) is 3.51. The predicted octanol–water partition coefficient (Wildman–Crippen LogP) is 3.11. The van der Waals surface area contributed by atoms with Crippen LogP contribution in [-0.4, -0.2) is 48.4 Å². The summed E-state index contributed by atoms with van der Waals surface area (Å²) < 4.78 is 11.3. The summed E-state index contributed by atoms with van der Waals surface area (Å²) >= 11 is 9.39. The molecule has 0 saturated heterocycles. The van der Waals surface area contributed by atoms with Crippen LogP contribution in [0, 0.1) is 0 Å². The monoisotopic (exact) mass is 376 g/mol. The molecule has 1 heterocycles. The second kappa shape index (κ2) is 7.05. The molecular formula is C14H18BrClN2O3. The Morgan fingerprint density at radius 2 is 2.10 bits per heavy atom. The van der Waals surface area contributed by atoms with Crippen molar-refractivity contribution in [2.45, 2.75) is 38.1 Å². The molecular weight excluding hydrogens is 360 g/mol. The molecule has 7 heteroatoms. The van der Waals surface area contributed by atoms with Crippen LogP contribution in [0.2, 0.25) is 5.15 Å². The maximum atomic E-state index is 12.8. The molecule has 0 N–H and O–H groups in total. The van der Waals surface area contributed by atoms with Gasteiger partial charge < -0.3 is 14.4 Å². The number of hydrogen-bond donors (Lipinski definition) is 0. The molecule has 1 aliphatic rings. The molecule has 1 fully saturated rings. The molecule has 0 aliphatic heterocycles. The number of aromatic nitrogens is 1. The van der Waals surface area contributed by atoms with Crippen LogP contribution in [0.1, 0.15) is 30.1 Å². The SMILES string of the molecule is COC(OC)C(C)N(C(=O)c1cc(Br)cnc1Cl)C1CC1. The van der Waals surface area contributed by atoms with Gasteiger partial charge in [-0.25, -0.2) is 4.98 Å². The van der Waals surface area contributed by atoms with E-state index in [1.807, 2.05) is 6.92 Å². The van der Waals surface area contributed by atoms with Gasteiger partial charge in [-0.05, 0) is 41.8 Å². The molecule has 1 unspecified atom stereocenters. The summed E-state index contributed by atoms with van der Waals surface area (Å²) in [6, 6.07) is 1.68. The normalized spacial score (nSPS) is 16.1. The second-order valence-electron chi connectivity index (χ2n) is 5.02. The Balaban J connectivity index is 2.29. The van der Waals surface area contributed by atoms with Gasteiger partial charge in [0.25, 0.3) is 5.91 Å². The van der Waals surface area contributed by atoms with Crippen LogP contribution in [0.15, 0.2) is 16.7 Å². The van der Waals surface area contributed by atoms with E-state index in [1.165, 1.54) is 0 Å². The highest BCUT2D eigenvalue weighted by Gasteiger charge is 2.40. The van der Waals surface area contributed by atoms with E-state index in [1.54, 1.807) is 31.4 Å². The van der Waals surface area contributed by atoms with Crippen molar-refractivity contribution < 1.29 is 14.3 Å². The molecule has 1 aromatic heterocycles. The lowest BCUT2D eigenvalue weighted by molar-refractivity contribution is -0.137. The molecule has 0 bridgehead atoms. The largest absolute Gasteiger partial charge is 0.354 e. The van der Waals surface area contributed by atoms with Crippen molar-refractivity contribution >= 4 is 33.4 Å². The maximum Gasteiger partial charge on any atom is 0.257 e. The summed E-state index contributed by atoms with van der Waals surface area (Å²) in [7, 11) is 3.13. The van der Waals surface area contributed by atoms with Gasteiger partial charge >= 0.3 is 0 Å². The van der Waals surface area contributed by atoms with Crippen molar-refractivity contribution in [3.8, 4) is 0 Å². The van der Waals surface area contributed by atoms with Crippen LogP contribution < -0.4 is 0 Å². The number of nitrogens with zero attached hydrogens (tertiary/aromatic N) is 2. The second-order valence-corrected chi connectivity index (χ2v) is 6.29. The Labute approximate surface area is 137 Å². The third-order valence-corrected chi connectivity index (χ3v) is 4.24. The lowest BCUT2D eigenvalue weighted by atomic mass is 10.2. The average molecular weight is 378 g/mol. The summed E-state index contributed by atoms with van der Waals surface area (Å²) in [5.74, 6) is -0.150. The van der Waals surface area contributed by atoms with Crippen molar-refractivity contribution in [1.29, 1.82) is 0 Å². The van der Waals surface area contributed by atoms with Crippen molar-refractivity contribution in [3.63, 3.8) is 0 Å². The number of ether oxygens (including phenoxy) is 2. The number of rotatable bonds is 6. The number of pyridine rings is 1. The Kier molecular flexibility index (Phi) is 5.60. The Hall–Kier alpha value is -0.690. The van der Waals surface area contributed by atoms with Gasteiger partial charge in [0.1, 0.15) is 5.15 Å². The molecule has 0 radical (unpaired) electrons. The van der Waals surface area contributed by atoms with Crippen molar-refractivity contribution in [2.24, 2.45) is 0 Å². The van der Waals surface area contributed by atoms with Crippen LogP contribution in [0.5, 0.6) is 0 Å². The van der Waals surface area contributed by atoms with Crippen LogP contribution in [0.25, 0.3) is 0 Å². The van der Waals surface area contributed by atoms with E-state index >= 15 is 0 Å². The van der Waals surface area contributed by atoms with Crippen LogP contribution in [-0.2, 0) is 9.47 Å².